The van der Waals surface area contributed by atoms with Crippen LogP contribution in [0.1, 0.15) is 25.4 Å². The van der Waals surface area contributed by atoms with E-state index in [4.69, 9.17) is 25.6 Å². The zero-order valence-electron chi connectivity index (χ0n) is 17.5. The molecule has 2 N–H and O–H groups in total. The molecule has 2 heterocycles. The quantitative estimate of drug-likeness (QED) is 0.401. The standard InChI is InChI=1S/C19H22N7O2.CH2O2/c1-4-25-15-7-6-14(28-3)8-16(15)26(5-2)17(25)11-24(12-27)19-18(21)22-10-13(9-20)23-19;2-1-3/h6-8,10,12H,4-5,11H2,1-3H3,(H2,21,22);1H,(H,2,3)/q+1;/p-1. The lowest BCUT2D eigenvalue weighted by Crippen LogP contribution is -2.40. The number of nitrogens with zero attached hydrogens (tertiary/aromatic N) is 6. The van der Waals surface area contributed by atoms with Gasteiger partial charge in [0.1, 0.15) is 18.4 Å². The van der Waals surface area contributed by atoms with E-state index in [1.165, 1.54) is 11.1 Å². The predicted molar refractivity (Wildman–Crippen MR) is 110 cm³/mol. The van der Waals surface area contributed by atoms with Gasteiger partial charge < -0.3 is 20.4 Å². The Morgan fingerprint density at radius 1 is 1.39 bits per heavy atom. The second-order valence-electron chi connectivity index (χ2n) is 6.16. The summed E-state index contributed by atoms with van der Waals surface area (Å²) in [6, 6.07) is 7.81. The molecule has 0 saturated heterocycles. The minimum Gasteiger partial charge on any atom is -0.554 e. The molecule has 11 heteroatoms. The first-order chi connectivity index (χ1) is 15.0. The first-order valence-corrected chi connectivity index (χ1v) is 9.38. The topological polar surface area (TPSA) is 154 Å². The van der Waals surface area contributed by atoms with Gasteiger partial charge in [-0.25, -0.2) is 19.1 Å². The number of amides is 1. The van der Waals surface area contributed by atoms with Crippen molar-refractivity contribution in [1.29, 1.82) is 5.26 Å². The number of hydrogen-bond acceptors (Lipinski definition) is 8. The molecular weight excluding hydrogens is 402 g/mol. The van der Waals surface area contributed by atoms with Gasteiger partial charge in [-0.1, -0.05) is 0 Å². The van der Waals surface area contributed by atoms with Crippen molar-refractivity contribution in [3.8, 4) is 11.8 Å². The van der Waals surface area contributed by atoms with Crippen molar-refractivity contribution in [2.45, 2.75) is 33.5 Å². The minimum atomic E-state index is -0.500. The molecule has 3 aromatic rings. The summed E-state index contributed by atoms with van der Waals surface area (Å²) >= 11 is 0. The lowest BCUT2D eigenvalue weighted by Gasteiger charge is -2.16. The number of fused-ring (bicyclic) bond motifs is 1. The van der Waals surface area contributed by atoms with Crippen molar-refractivity contribution in [2.75, 3.05) is 17.7 Å². The largest absolute Gasteiger partial charge is 0.554 e. The number of carboxylic acid groups (broad SMARTS) is 1. The van der Waals surface area contributed by atoms with Crippen LogP contribution in [0.15, 0.2) is 24.4 Å². The van der Waals surface area contributed by atoms with Crippen LogP contribution >= 0.6 is 0 Å². The maximum absolute atomic E-state index is 11.9. The van der Waals surface area contributed by atoms with Gasteiger partial charge in [-0.2, -0.15) is 5.26 Å². The number of hydrogen-bond donors (Lipinski definition) is 1. The molecule has 31 heavy (non-hydrogen) atoms. The predicted octanol–water partition coefficient (Wildman–Crippen LogP) is -0.250. The summed E-state index contributed by atoms with van der Waals surface area (Å²) < 4.78 is 9.61. The zero-order valence-corrected chi connectivity index (χ0v) is 17.5. The molecule has 0 aliphatic heterocycles. The highest BCUT2D eigenvalue weighted by atomic mass is 16.5. The molecule has 0 saturated carbocycles. The van der Waals surface area contributed by atoms with Gasteiger partial charge in [-0.05, 0) is 26.0 Å². The van der Waals surface area contributed by atoms with E-state index in [2.05, 4.69) is 19.1 Å². The number of nitrogen functional groups attached to an aromatic ring is 1. The third kappa shape index (κ3) is 4.69. The number of rotatable bonds is 7. The molecule has 0 aliphatic carbocycles. The van der Waals surface area contributed by atoms with Crippen LogP contribution in [-0.2, 0) is 29.2 Å². The Hall–Kier alpha value is -4.20. The molecule has 0 fully saturated rings. The summed E-state index contributed by atoms with van der Waals surface area (Å²) in [6.07, 6.45) is 1.93. The van der Waals surface area contributed by atoms with Gasteiger partial charge in [0.15, 0.2) is 28.4 Å². The van der Waals surface area contributed by atoms with E-state index in [1.807, 2.05) is 38.1 Å². The first-order valence-electron chi connectivity index (χ1n) is 9.38. The van der Waals surface area contributed by atoms with Gasteiger partial charge in [0.2, 0.25) is 6.41 Å². The van der Waals surface area contributed by atoms with Crippen LogP contribution in [0.2, 0.25) is 0 Å². The number of carbonyl (C=O) groups excluding carboxylic acids is 2. The number of aryl methyl sites for hydroxylation is 2. The highest BCUT2D eigenvalue weighted by Gasteiger charge is 2.27. The van der Waals surface area contributed by atoms with E-state index >= 15 is 0 Å². The van der Waals surface area contributed by atoms with Crippen molar-refractivity contribution in [3.05, 3.63) is 35.9 Å². The highest BCUT2D eigenvalue weighted by Crippen LogP contribution is 2.24. The number of ether oxygens (including phenoxy) is 1. The number of nitrogens with two attached hydrogens (primary N) is 1. The fourth-order valence-corrected chi connectivity index (χ4v) is 3.34. The van der Waals surface area contributed by atoms with E-state index in [0.717, 1.165) is 29.2 Å². The fourth-order valence-electron chi connectivity index (χ4n) is 3.34. The van der Waals surface area contributed by atoms with Crippen LogP contribution in [0.5, 0.6) is 5.75 Å². The SMILES string of the molecule is CCn1c(CN(C=O)c2nc(C#N)cnc2N)[n+](CC)c2ccc(OC)cc21.O=C[O-]. The number of benzene rings is 1. The van der Waals surface area contributed by atoms with Crippen molar-refractivity contribution < 1.29 is 24.0 Å². The zero-order chi connectivity index (χ0) is 23.0. The number of methoxy groups -OCH3 is 1. The number of anilines is 2. The van der Waals surface area contributed by atoms with Crippen LogP contribution in [0, 0.1) is 11.3 Å². The second kappa shape index (κ2) is 10.5. The molecule has 3 rings (SSSR count). The Labute approximate surface area is 178 Å². The molecule has 0 unspecified atom stereocenters. The summed E-state index contributed by atoms with van der Waals surface area (Å²) in [7, 11) is 1.63. The number of nitriles is 1. The Bertz CT molecular complexity index is 1120. The van der Waals surface area contributed by atoms with E-state index in [1.54, 1.807) is 7.11 Å². The van der Waals surface area contributed by atoms with Gasteiger partial charge in [0.25, 0.3) is 5.82 Å². The molecule has 2 aromatic heterocycles. The molecule has 1 amide bonds. The van der Waals surface area contributed by atoms with E-state index in [0.29, 0.717) is 13.0 Å². The minimum absolute atomic E-state index is 0.0926. The van der Waals surface area contributed by atoms with E-state index in [-0.39, 0.29) is 23.9 Å². The smallest absolute Gasteiger partial charge is 0.277 e. The van der Waals surface area contributed by atoms with E-state index < -0.39 is 6.47 Å². The van der Waals surface area contributed by atoms with Gasteiger partial charge in [-0.3, -0.25) is 9.69 Å². The molecule has 0 spiro atoms. The van der Waals surface area contributed by atoms with Crippen LogP contribution in [-0.4, -0.2) is 34.5 Å². The van der Waals surface area contributed by atoms with Crippen LogP contribution in [0.3, 0.4) is 0 Å². The second-order valence-corrected chi connectivity index (χ2v) is 6.16. The van der Waals surface area contributed by atoms with E-state index in [9.17, 15) is 4.79 Å². The molecule has 1 aromatic carbocycles. The number of imidazole rings is 1. The summed E-state index contributed by atoms with van der Waals surface area (Å²) in [5.41, 5.74) is 8.06. The summed E-state index contributed by atoms with van der Waals surface area (Å²) in [5.74, 6) is 1.93. The van der Waals surface area contributed by atoms with Gasteiger partial charge in [0.05, 0.1) is 26.4 Å². The van der Waals surface area contributed by atoms with Gasteiger partial charge in [-0.15, -0.1) is 0 Å². The summed E-state index contributed by atoms with van der Waals surface area (Å²) in [6.45, 7) is 5.24. The normalized spacial score (nSPS) is 10.0. The first kappa shape index (κ1) is 23.1. The van der Waals surface area contributed by atoms with Crippen LogP contribution < -0.4 is 25.0 Å². The average molecular weight is 425 g/mol. The Morgan fingerprint density at radius 2 is 2.10 bits per heavy atom. The Morgan fingerprint density at radius 3 is 2.65 bits per heavy atom. The molecule has 0 bridgehead atoms. The number of carbonyl (C=O) groups is 2. The lowest BCUT2D eigenvalue weighted by molar-refractivity contribution is -0.676. The van der Waals surface area contributed by atoms with Crippen LogP contribution in [0.4, 0.5) is 11.6 Å². The Balaban J connectivity index is 0.00000107. The van der Waals surface area contributed by atoms with Crippen molar-refractivity contribution in [1.82, 2.24) is 14.5 Å². The molecular formula is C20H23N7O4. The maximum Gasteiger partial charge on any atom is 0.277 e. The Kier molecular flexibility index (Phi) is 7.85. The van der Waals surface area contributed by atoms with Crippen molar-refractivity contribution >= 4 is 35.6 Å². The molecule has 0 atom stereocenters. The third-order valence-corrected chi connectivity index (χ3v) is 4.63. The molecule has 0 radical (unpaired) electrons. The van der Waals surface area contributed by atoms with Crippen LogP contribution in [0.25, 0.3) is 11.0 Å². The maximum atomic E-state index is 11.9. The van der Waals surface area contributed by atoms with Crippen molar-refractivity contribution in [3.63, 3.8) is 0 Å². The number of aromatic nitrogens is 4. The van der Waals surface area contributed by atoms with Gasteiger partial charge in [0, 0.05) is 12.5 Å². The highest BCUT2D eigenvalue weighted by molar-refractivity contribution is 5.79. The molecule has 11 nitrogen and oxygen atoms in total. The molecule has 0 aliphatic rings. The molecule has 162 valence electrons. The summed E-state index contributed by atoms with van der Waals surface area (Å²) in [5, 5.41) is 17.3. The third-order valence-electron chi connectivity index (χ3n) is 4.63. The monoisotopic (exact) mass is 425 g/mol. The summed E-state index contributed by atoms with van der Waals surface area (Å²) in [4.78, 5) is 29.6. The van der Waals surface area contributed by atoms with Crippen molar-refractivity contribution in [2.24, 2.45) is 0 Å². The lowest BCUT2D eigenvalue weighted by atomic mass is 10.3. The fraction of sp³-hybridized carbons (Fsp3) is 0.300. The average Bonchev–Trinajstić information content (AvgIpc) is 3.09. The van der Waals surface area contributed by atoms with Gasteiger partial charge >= 0.3 is 0 Å².